The second-order valence-electron chi connectivity index (χ2n) is 7.09. The van der Waals surface area contributed by atoms with E-state index in [1.54, 1.807) is 12.1 Å². The second kappa shape index (κ2) is 9.27. The van der Waals surface area contributed by atoms with Gasteiger partial charge in [0.05, 0.1) is 28.6 Å². The van der Waals surface area contributed by atoms with Crippen molar-refractivity contribution in [2.45, 2.75) is 19.2 Å². The highest BCUT2D eigenvalue weighted by Gasteiger charge is 2.15. The summed E-state index contributed by atoms with van der Waals surface area (Å²) >= 11 is 0. The van der Waals surface area contributed by atoms with E-state index < -0.39 is 11.0 Å². The topological polar surface area (TPSA) is 102 Å². The highest BCUT2D eigenvalue weighted by molar-refractivity contribution is 5.78. The highest BCUT2D eigenvalue weighted by atomic mass is 16.6. The molecular formula is C23H22N4O4. The van der Waals surface area contributed by atoms with Gasteiger partial charge < -0.3 is 19.7 Å². The number of non-ortho nitro benzene ring substituents is 1. The van der Waals surface area contributed by atoms with Crippen molar-refractivity contribution < 1.29 is 14.8 Å². The van der Waals surface area contributed by atoms with Gasteiger partial charge >= 0.3 is 0 Å². The predicted molar refractivity (Wildman–Crippen MR) is 118 cm³/mol. The molecule has 0 fully saturated rings. The van der Waals surface area contributed by atoms with Crippen molar-refractivity contribution in [2.75, 3.05) is 11.9 Å². The van der Waals surface area contributed by atoms with E-state index in [9.17, 15) is 15.2 Å². The Morgan fingerprint density at radius 1 is 1.06 bits per heavy atom. The van der Waals surface area contributed by atoms with Crippen LogP contribution in [0.3, 0.4) is 0 Å². The average molecular weight is 418 g/mol. The Morgan fingerprint density at radius 3 is 2.65 bits per heavy atom. The van der Waals surface area contributed by atoms with E-state index in [0.29, 0.717) is 18.2 Å². The first-order valence-electron chi connectivity index (χ1n) is 9.88. The molecule has 4 rings (SSSR count). The molecular weight excluding hydrogens is 396 g/mol. The van der Waals surface area contributed by atoms with Crippen molar-refractivity contribution in [3.63, 3.8) is 0 Å². The number of aromatic nitrogens is 2. The molecule has 4 aromatic rings. The molecule has 8 heteroatoms. The summed E-state index contributed by atoms with van der Waals surface area (Å²) in [5.74, 6) is 0.991. The monoisotopic (exact) mass is 418 g/mol. The number of hydrogen-bond acceptors (Lipinski definition) is 6. The normalized spacial score (nSPS) is 11.9. The van der Waals surface area contributed by atoms with Crippen molar-refractivity contribution in [2.24, 2.45) is 0 Å². The molecule has 0 aliphatic heterocycles. The second-order valence-corrected chi connectivity index (χ2v) is 7.09. The molecule has 1 unspecified atom stereocenters. The highest BCUT2D eigenvalue weighted by Crippen LogP contribution is 2.22. The summed E-state index contributed by atoms with van der Waals surface area (Å²) in [5, 5.41) is 24.8. The van der Waals surface area contributed by atoms with Gasteiger partial charge in [0.2, 0.25) is 5.95 Å². The molecule has 0 radical (unpaired) electrons. The average Bonchev–Trinajstić information content (AvgIpc) is 3.14. The molecule has 1 aromatic heterocycles. The van der Waals surface area contributed by atoms with Gasteiger partial charge in [-0.25, -0.2) is 4.98 Å². The maximum absolute atomic E-state index is 10.9. The van der Waals surface area contributed by atoms with E-state index in [-0.39, 0.29) is 18.8 Å². The fourth-order valence-electron chi connectivity index (χ4n) is 3.31. The number of nitro groups is 1. The van der Waals surface area contributed by atoms with Crippen LogP contribution in [0.15, 0.2) is 78.9 Å². The minimum absolute atomic E-state index is 0.00814. The quantitative estimate of drug-likeness (QED) is 0.315. The van der Waals surface area contributed by atoms with Crippen LogP contribution in [0.5, 0.6) is 5.75 Å². The van der Waals surface area contributed by atoms with Gasteiger partial charge in [0.15, 0.2) is 0 Å². The lowest BCUT2D eigenvalue weighted by Gasteiger charge is -2.16. The third-order valence-corrected chi connectivity index (χ3v) is 4.81. The van der Waals surface area contributed by atoms with Crippen LogP contribution in [0.2, 0.25) is 0 Å². The number of para-hydroxylation sites is 2. The smallest absolute Gasteiger partial charge is 0.273 e. The Morgan fingerprint density at radius 2 is 1.84 bits per heavy atom. The molecule has 3 aromatic carbocycles. The Kier molecular flexibility index (Phi) is 6.09. The number of hydrogen-bond donors (Lipinski definition) is 2. The first-order valence-corrected chi connectivity index (χ1v) is 9.88. The molecule has 1 heterocycles. The molecule has 0 bridgehead atoms. The summed E-state index contributed by atoms with van der Waals surface area (Å²) in [5.41, 5.74) is 2.79. The summed E-state index contributed by atoms with van der Waals surface area (Å²) in [7, 11) is 0. The van der Waals surface area contributed by atoms with Crippen LogP contribution in [-0.2, 0) is 13.1 Å². The number of nitrogens with zero attached hydrogens (tertiary/aromatic N) is 3. The number of imidazole rings is 1. The number of fused-ring (bicyclic) bond motifs is 1. The van der Waals surface area contributed by atoms with Gasteiger partial charge in [0, 0.05) is 12.6 Å². The van der Waals surface area contributed by atoms with Crippen molar-refractivity contribution in [3.8, 4) is 5.75 Å². The van der Waals surface area contributed by atoms with E-state index in [1.807, 2.05) is 59.2 Å². The third-order valence-electron chi connectivity index (χ3n) is 4.81. The van der Waals surface area contributed by atoms with Crippen LogP contribution in [-0.4, -0.2) is 32.3 Å². The molecule has 31 heavy (non-hydrogen) atoms. The van der Waals surface area contributed by atoms with Crippen molar-refractivity contribution in [3.05, 3.63) is 94.5 Å². The molecule has 0 amide bonds. The fourth-order valence-corrected chi connectivity index (χ4v) is 3.31. The first-order chi connectivity index (χ1) is 15.1. The molecule has 0 saturated heterocycles. The SMILES string of the molecule is O=[N+]([O-])c1cccc(OCC(O)Cn2c(NCc3ccccc3)nc3ccccc32)c1. The summed E-state index contributed by atoms with van der Waals surface area (Å²) in [6, 6.07) is 23.6. The number of rotatable bonds is 9. The maximum Gasteiger partial charge on any atom is 0.273 e. The number of benzene rings is 3. The Bertz CT molecular complexity index is 1180. The van der Waals surface area contributed by atoms with Gasteiger partial charge in [-0.15, -0.1) is 0 Å². The zero-order chi connectivity index (χ0) is 21.6. The van der Waals surface area contributed by atoms with E-state index >= 15 is 0 Å². The first kappa shape index (κ1) is 20.4. The molecule has 0 saturated carbocycles. The van der Waals surface area contributed by atoms with Crippen molar-refractivity contribution in [1.29, 1.82) is 0 Å². The molecule has 2 N–H and O–H groups in total. The van der Waals surface area contributed by atoms with Gasteiger partial charge in [-0.2, -0.15) is 0 Å². The van der Waals surface area contributed by atoms with Gasteiger partial charge in [-0.1, -0.05) is 48.5 Å². The van der Waals surface area contributed by atoms with Gasteiger partial charge in [0.1, 0.15) is 18.5 Å². The number of nitro benzene ring substituents is 1. The van der Waals surface area contributed by atoms with Gasteiger partial charge in [-0.3, -0.25) is 10.1 Å². The van der Waals surface area contributed by atoms with Crippen LogP contribution in [0, 0.1) is 10.1 Å². The zero-order valence-corrected chi connectivity index (χ0v) is 16.7. The predicted octanol–water partition coefficient (Wildman–Crippen LogP) is 4.00. The van der Waals surface area contributed by atoms with Gasteiger partial charge in [0.25, 0.3) is 5.69 Å². The Labute approximate surface area is 178 Å². The molecule has 0 aliphatic carbocycles. The largest absolute Gasteiger partial charge is 0.491 e. The standard InChI is InChI=1S/C23H22N4O4/c28-19(16-31-20-10-6-9-18(13-20)27(29)30)15-26-22-12-5-4-11-21(22)25-23(26)24-14-17-7-2-1-3-8-17/h1-13,19,28H,14-16H2,(H,24,25). The van der Waals surface area contributed by atoms with Crippen LogP contribution in [0.25, 0.3) is 11.0 Å². The van der Waals surface area contributed by atoms with Crippen molar-refractivity contribution >= 4 is 22.7 Å². The third kappa shape index (κ3) is 4.99. The zero-order valence-electron chi connectivity index (χ0n) is 16.7. The van der Waals surface area contributed by atoms with Crippen LogP contribution in [0.1, 0.15) is 5.56 Å². The van der Waals surface area contributed by atoms with Crippen LogP contribution >= 0.6 is 0 Å². The Hall–Kier alpha value is -3.91. The minimum Gasteiger partial charge on any atom is -0.491 e. The van der Waals surface area contributed by atoms with Crippen LogP contribution < -0.4 is 10.1 Å². The lowest BCUT2D eigenvalue weighted by molar-refractivity contribution is -0.384. The molecule has 158 valence electrons. The molecule has 0 aliphatic rings. The van der Waals surface area contributed by atoms with E-state index in [4.69, 9.17) is 4.74 Å². The summed E-state index contributed by atoms with van der Waals surface area (Å²) in [6.45, 7) is 0.850. The number of aliphatic hydroxyl groups excluding tert-OH is 1. The molecule has 0 spiro atoms. The summed E-state index contributed by atoms with van der Waals surface area (Å²) < 4.78 is 7.50. The molecule has 1 atom stereocenters. The van der Waals surface area contributed by atoms with E-state index in [1.165, 1.54) is 12.1 Å². The van der Waals surface area contributed by atoms with Crippen molar-refractivity contribution in [1.82, 2.24) is 9.55 Å². The van der Waals surface area contributed by atoms with Gasteiger partial charge in [-0.05, 0) is 23.8 Å². The van der Waals surface area contributed by atoms with Crippen LogP contribution in [0.4, 0.5) is 11.6 Å². The number of ether oxygens (including phenoxy) is 1. The lowest BCUT2D eigenvalue weighted by atomic mass is 10.2. The fraction of sp³-hybridized carbons (Fsp3) is 0.174. The molecule has 8 nitrogen and oxygen atoms in total. The number of aliphatic hydroxyl groups is 1. The lowest BCUT2D eigenvalue weighted by Crippen LogP contribution is -2.24. The number of nitrogens with one attached hydrogen (secondary N) is 1. The Balaban J connectivity index is 1.47. The minimum atomic E-state index is -0.839. The maximum atomic E-state index is 10.9. The number of anilines is 1. The van der Waals surface area contributed by atoms with E-state index in [2.05, 4.69) is 10.3 Å². The summed E-state index contributed by atoms with van der Waals surface area (Å²) in [4.78, 5) is 15.1. The van der Waals surface area contributed by atoms with E-state index in [0.717, 1.165) is 16.6 Å². The summed E-state index contributed by atoms with van der Waals surface area (Å²) in [6.07, 6.45) is -0.839.